The van der Waals surface area contributed by atoms with Crippen molar-refractivity contribution in [2.75, 3.05) is 19.7 Å². The molecule has 1 aromatic rings. The lowest BCUT2D eigenvalue weighted by atomic mass is 9.98. The van der Waals surface area contributed by atoms with E-state index in [1.807, 2.05) is 24.1 Å². The maximum Gasteiger partial charge on any atom is 0.317 e. The number of nitrogens with zero attached hydrogens (tertiary/aromatic N) is 2. The molecule has 1 aromatic heterocycles. The molecule has 1 saturated heterocycles. The number of amides is 2. The molecule has 0 spiro atoms. The van der Waals surface area contributed by atoms with E-state index < -0.39 is 0 Å². The summed E-state index contributed by atoms with van der Waals surface area (Å²) in [4.78, 5) is 18.3. The number of piperidine rings is 1. The lowest BCUT2D eigenvalue weighted by Gasteiger charge is -2.31. The summed E-state index contributed by atoms with van der Waals surface area (Å²) in [5.74, 6) is 0.350. The molecule has 1 aliphatic rings. The van der Waals surface area contributed by atoms with Crippen LogP contribution < -0.4 is 5.32 Å². The van der Waals surface area contributed by atoms with Gasteiger partial charge in [0.05, 0.1) is 16.7 Å². The third kappa shape index (κ3) is 3.67. The zero-order valence-electron chi connectivity index (χ0n) is 11.4. The lowest BCUT2D eigenvalue weighted by Crippen LogP contribution is -2.45. The van der Waals surface area contributed by atoms with Gasteiger partial charge in [-0.05, 0) is 32.6 Å². The number of aryl methyl sites for hydroxylation is 1. The molecule has 0 saturated carbocycles. The third-order valence-corrected chi connectivity index (χ3v) is 4.37. The van der Waals surface area contributed by atoms with E-state index in [1.165, 1.54) is 0 Å². The van der Waals surface area contributed by atoms with Gasteiger partial charge in [0.1, 0.15) is 0 Å². The van der Waals surface area contributed by atoms with E-state index in [0.717, 1.165) is 36.6 Å². The number of carbonyl (C=O) groups is 1. The number of hydrogen-bond donors (Lipinski definition) is 2. The van der Waals surface area contributed by atoms with Gasteiger partial charge < -0.3 is 15.3 Å². The second-order valence-electron chi connectivity index (χ2n) is 5.08. The molecule has 2 amide bonds. The number of urea groups is 1. The maximum absolute atomic E-state index is 12.1. The topological polar surface area (TPSA) is 65.5 Å². The van der Waals surface area contributed by atoms with Crippen molar-refractivity contribution >= 4 is 17.4 Å². The second kappa shape index (κ2) is 6.34. The van der Waals surface area contributed by atoms with Gasteiger partial charge in [0.15, 0.2) is 0 Å². The number of aliphatic hydroxyl groups excluding tert-OH is 1. The van der Waals surface area contributed by atoms with Gasteiger partial charge in [-0.3, -0.25) is 0 Å². The molecule has 0 bridgehead atoms. The molecule has 106 valence electrons. The highest BCUT2D eigenvalue weighted by atomic mass is 32.1. The van der Waals surface area contributed by atoms with Crippen LogP contribution in [0, 0.1) is 12.8 Å². The minimum absolute atomic E-state index is 0.0328. The number of nitrogens with one attached hydrogen (secondary N) is 1. The fourth-order valence-corrected chi connectivity index (χ4v) is 2.95. The van der Waals surface area contributed by atoms with Crippen LogP contribution in [0.2, 0.25) is 0 Å². The summed E-state index contributed by atoms with van der Waals surface area (Å²) in [7, 11) is 0. The van der Waals surface area contributed by atoms with E-state index in [-0.39, 0.29) is 18.7 Å². The average Bonchev–Trinajstić information content (AvgIpc) is 2.85. The predicted octanol–water partition coefficient (Wildman–Crippen LogP) is 1.93. The second-order valence-corrected chi connectivity index (χ2v) is 6.14. The monoisotopic (exact) mass is 283 g/mol. The van der Waals surface area contributed by atoms with E-state index in [4.69, 9.17) is 5.11 Å². The van der Waals surface area contributed by atoms with Gasteiger partial charge in [-0.15, -0.1) is 11.3 Å². The Morgan fingerprint density at radius 3 is 2.84 bits per heavy atom. The Balaban J connectivity index is 1.84. The molecule has 2 N–H and O–H groups in total. The quantitative estimate of drug-likeness (QED) is 0.891. The summed E-state index contributed by atoms with van der Waals surface area (Å²) in [6, 6.07) is -0.0949. The Kier molecular flexibility index (Phi) is 4.76. The van der Waals surface area contributed by atoms with Crippen molar-refractivity contribution < 1.29 is 9.90 Å². The molecule has 2 heterocycles. The Morgan fingerprint density at radius 1 is 1.63 bits per heavy atom. The van der Waals surface area contributed by atoms with Crippen molar-refractivity contribution in [3.05, 3.63) is 16.1 Å². The van der Waals surface area contributed by atoms with Crippen LogP contribution in [-0.2, 0) is 0 Å². The van der Waals surface area contributed by atoms with Crippen molar-refractivity contribution in [2.45, 2.75) is 32.7 Å². The van der Waals surface area contributed by atoms with Gasteiger partial charge in [0, 0.05) is 25.1 Å². The first-order valence-corrected chi connectivity index (χ1v) is 7.56. The minimum Gasteiger partial charge on any atom is -0.396 e. The summed E-state index contributed by atoms with van der Waals surface area (Å²) in [5, 5.41) is 15.1. The number of carbonyl (C=O) groups excluding carboxylic acids is 1. The fraction of sp³-hybridized carbons (Fsp3) is 0.692. The van der Waals surface area contributed by atoms with Gasteiger partial charge in [-0.2, -0.15) is 0 Å². The maximum atomic E-state index is 12.1. The smallest absolute Gasteiger partial charge is 0.317 e. The van der Waals surface area contributed by atoms with E-state index in [0.29, 0.717) is 5.92 Å². The van der Waals surface area contributed by atoms with Crippen molar-refractivity contribution in [3.63, 3.8) is 0 Å². The first-order chi connectivity index (χ1) is 9.10. The molecule has 6 heteroatoms. The zero-order chi connectivity index (χ0) is 13.8. The van der Waals surface area contributed by atoms with Crippen LogP contribution in [0.1, 0.15) is 36.5 Å². The van der Waals surface area contributed by atoms with E-state index >= 15 is 0 Å². The highest BCUT2D eigenvalue weighted by molar-refractivity contribution is 7.09. The molecular weight excluding hydrogens is 262 g/mol. The molecule has 1 unspecified atom stereocenters. The van der Waals surface area contributed by atoms with Crippen LogP contribution in [0.25, 0.3) is 0 Å². The molecule has 0 aliphatic carbocycles. The first kappa shape index (κ1) is 14.3. The molecular formula is C13H21N3O2S. The molecule has 5 nitrogen and oxygen atoms in total. The Hall–Kier alpha value is -1.14. The summed E-state index contributed by atoms with van der Waals surface area (Å²) < 4.78 is 0. The van der Waals surface area contributed by atoms with Crippen LogP contribution in [0.5, 0.6) is 0 Å². The number of thiazole rings is 1. The zero-order valence-corrected chi connectivity index (χ0v) is 12.2. The first-order valence-electron chi connectivity index (χ1n) is 6.68. The van der Waals surface area contributed by atoms with Crippen LogP contribution in [0.4, 0.5) is 4.79 Å². The van der Waals surface area contributed by atoms with Crippen molar-refractivity contribution in [3.8, 4) is 0 Å². The van der Waals surface area contributed by atoms with Gasteiger partial charge >= 0.3 is 6.03 Å². The Labute approximate surface area is 117 Å². The standard InChI is InChI=1S/C13H21N3O2S/c1-9(12-8-19-10(2)15-12)14-13(18)16-5-3-11(7-17)4-6-16/h8-9,11,17H,3-7H2,1-2H3,(H,14,18). The molecule has 1 fully saturated rings. The minimum atomic E-state index is -0.0620. The Morgan fingerprint density at radius 2 is 2.32 bits per heavy atom. The van der Waals surface area contributed by atoms with E-state index in [1.54, 1.807) is 11.3 Å². The molecule has 0 radical (unpaired) electrons. The molecule has 0 aromatic carbocycles. The summed E-state index contributed by atoms with van der Waals surface area (Å²) in [6.45, 7) is 5.58. The van der Waals surface area contributed by atoms with Gasteiger partial charge in [-0.25, -0.2) is 9.78 Å². The van der Waals surface area contributed by atoms with Crippen molar-refractivity contribution in [2.24, 2.45) is 5.92 Å². The van der Waals surface area contributed by atoms with E-state index in [2.05, 4.69) is 10.3 Å². The van der Waals surface area contributed by atoms with Gasteiger partial charge in [0.25, 0.3) is 0 Å². The average molecular weight is 283 g/mol. The van der Waals surface area contributed by atoms with Crippen molar-refractivity contribution in [1.29, 1.82) is 0 Å². The molecule has 1 aliphatic heterocycles. The van der Waals surface area contributed by atoms with Crippen LogP contribution in [0.3, 0.4) is 0 Å². The van der Waals surface area contributed by atoms with E-state index in [9.17, 15) is 4.79 Å². The molecule has 2 rings (SSSR count). The largest absolute Gasteiger partial charge is 0.396 e. The SMILES string of the molecule is Cc1nc(C(C)NC(=O)N2CCC(CO)CC2)cs1. The number of aromatic nitrogens is 1. The number of rotatable bonds is 3. The van der Waals surface area contributed by atoms with Crippen LogP contribution in [0.15, 0.2) is 5.38 Å². The summed E-state index contributed by atoms with van der Waals surface area (Å²) in [6.07, 6.45) is 1.77. The number of aliphatic hydroxyl groups is 1. The van der Waals surface area contributed by atoms with Crippen LogP contribution in [-0.4, -0.2) is 40.7 Å². The third-order valence-electron chi connectivity index (χ3n) is 3.58. The van der Waals surface area contributed by atoms with Crippen LogP contribution >= 0.6 is 11.3 Å². The summed E-state index contributed by atoms with van der Waals surface area (Å²) in [5.41, 5.74) is 0.918. The Bertz CT molecular complexity index is 427. The highest BCUT2D eigenvalue weighted by Gasteiger charge is 2.23. The number of likely N-dealkylation sites (tertiary alicyclic amines) is 1. The van der Waals surface area contributed by atoms with Gasteiger partial charge in [-0.1, -0.05) is 0 Å². The number of hydrogen-bond acceptors (Lipinski definition) is 4. The molecule has 1 atom stereocenters. The van der Waals surface area contributed by atoms with Crippen molar-refractivity contribution in [1.82, 2.24) is 15.2 Å². The fourth-order valence-electron chi connectivity index (χ4n) is 2.25. The molecule has 19 heavy (non-hydrogen) atoms. The highest BCUT2D eigenvalue weighted by Crippen LogP contribution is 2.19. The summed E-state index contributed by atoms with van der Waals surface area (Å²) >= 11 is 1.59. The predicted molar refractivity (Wildman–Crippen MR) is 75.2 cm³/mol. The van der Waals surface area contributed by atoms with Gasteiger partial charge in [0.2, 0.25) is 0 Å². The lowest BCUT2D eigenvalue weighted by molar-refractivity contribution is 0.136. The normalized spacial score (nSPS) is 18.4.